The number of hydrogen-bond acceptors (Lipinski definition) is 7. The predicted octanol–water partition coefficient (Wildman–Crippen LogP) is 3.90. The Morgan fingerprint density at radius 1 is 1.06 bits per heavy atom. The highest BCUT2D eigenvalue weighted by atomic mass is 32.2. The van der Waals surface area contributed by atoms with Crippen LogP contribution in [-0.4, -0.2) is 59.8 Å². The lowest BCUT2D eigenvalue weighted by Gasteiger charge is -2.32. The molecule has 0 N–H and O–H groups in total. The molecule has 0 spiro atoms. The van der Waals surface area contributed by atoms with Crippen molar-refractivity contribution in [2.75, 3.05) is 30.3 Å². The number of hydrogen-bond donors (Lipinski definition) is 0. The Morgan fingerprint density at radius 3 is 2.41 bits per heavy atom. The number of carbonyl (C=O) groups is 3. The fraction of sp³-hybridized carbons (Fsp3) is 0.423. The zero-order valence-electron chi connectivity index (χ0n) is 20.2. The van der Waals surface area contributed by atoms with Crippen LogP contribution in [0.3, 0.4) is 0 Å². The summed E-state index contributed by atoms with van der Waals surface area (Å²) in [7, 11) is 0. The first kappa shape index (κ1) is 25.8. The van der Waals surface area contributed by atoms with E-state index in [9.17, 15) is 14.4 Å². The lowest BCUT2D eigenvalue weighted by Crippen LogP contribution is -2.52. The Labute approximate surface area is 205 Å². The van der Waals surface area contributed by atoms with Crippen molar-refractivity contribution in [2.45, 2.75) is 50.8 Å². The molecule has 1 heterocycles. The summed E-state index contributed by atoms with van der Waals surface area (Å²) >= 11 is 1.54. The van der Waals surface area contributed by atoms with Crippen molar-refractivity contribution in [3.63, 3.8) is 0 Å². The van der Waals surface area contributed by atoms with Crippen molar-refractivity contribution in [1.29, 1.82) is 0 Å². The highest BCUT2D eigenvalue weighted by Gasteiger charge is 2.37. The molecule has 2 aromatic rings. The smallest absolute Gasteiger partial charge is 0.326 e. The summed E-state index contributed by atoms with van der Waals surface area (Å²) in [5.41, 5.74) is 0.981. The normalized spacial score (nSPS) is 16.1. The Morgan fingerprint density at radius 2 is 1.74 bits per heavy atom. The third-order valence-corrected chi connectivity index (χ3v) is 6.26. The maximum Gasteiger partial charge on any atom is 0.326 e. The van der Waals surface area contributed by atoms with Crippen LogP contribution in [0, 0.1) is 0 Å². The quantitative estimate of drug-likeness (QED) is 0.526. The van der Waals surface area contributed by atoms with Crippen molar-refractivity contribution in [3.8, 4) is 0 Å². The van der Waals surface area contributed by atoms with Gasteiger partial charge in [0.2, 0.25) is 5.91 Å². The van der Waals surface area contributed by atoms with Crippen molar-refractivity contribution in [3.05, 3.63) is 60.2 Å². The first-order chi connectivity index (χ1) is 16.2. The molecule has 0 saturated carbocycles. The second-order valence-electron chi connectivity index (χ2n) is 9.00. The summed E-state index contributed by atoms with van der Waals surface area (Å²) in [5.74, 6) is -0.686. The molecule has 0 aliphatic carbocycles. The molecule has 1 amide bonds. The third kappa shape index (κ3) is 7.08. The Kier molecular flexibility index (Phi) is 8.74. The van der Waals surface area contributed by atoms with E-state index in [-0.39, 0.29) is 25.6 Å². The zero-order chi connectivity index (χ0) is 24.7. The van der Waals surface area contributed by atoms with Crippen molar-refractivity contribution >= 4 is 35.3 Å². The number of nitrogens with zero attached hydrogens (tertiary/aromatic N) is 2. The van der Waals surface area contributed by atoms with E-state index in [1.807, 2.05) is 59.5 Å². The van der Waals surface area contributed by atoms with Gasteiger partial charge >= 0.3 is 11.9 Å². The van der Waals surface area contributed by atoms with E-state index in [0.717, 1.165) is 10.5 Å². The molecular formula is C26H32N2O5S. The molecule has 1 atom stereocenters. The molecule has 1 unspecified atom stereocenters. The SMILES string of the molecule is CCOC(=O)CN(Cc1ccccc1)C1CSc2ccccc2N(CC(=O)OC(C)(C)C)C1=O. The molecule has 1 aliphatic heterocycles. The number of ether oxygens (including phenoxy) is 2. The molecular weight excluding hydrogens is 452 g/mol. The number of carbonyl (C=O) groups excluding carboxylic acids is 3. The summed E-state index contributed by atoms with van der Waals surface area (Å²) < 4.78 is 10.7. The maximum atomic E-state index is 13.9. The van der Waals surface area contributed by atoms with E-state index in [1.165, 1.54) is 16.7 Å². The number of fused-ring (bicyclic) bond motifs is 1. The summed E-state index contributed by atoms with van der Waals surface area (Å²) in [5, 5.41) is 0. The fourth-order valence-corrected chi connectivity index (χ4v) is 4.93. The van der Waals surface area contributed by atoms with E-state index in [1.54, 1.807) is 27.7 Å². The molecule has 0 radical (unpaired) electrons. The number of anilines is 1. The number of benzene rings is 2. The summed E-state index contributed by atoms with van der Waals surface area (Å²) in [6.45, 7) is 7.56. The minimum atomic E-state index is -0.664. The predicted molar refractivity (Wildman–Crippen MR) is 133 cm³/mol. The van der Waals surface area contributed by atoms with Gasteiger partial charge in [-0.15, -0.1) is 11.8 Å². The van der Waals surface area contributed by atoms with Crippen LogP contribution in [0.4, 0.5) is 5.69 Å². The van der Waals surface area contributed by atoms with Crippen LogP contribution < -0.4 is 4.90 Å². The van der Waals surface area contributed by atoms with Crippen LogP contribution in [0.5, 0.6) is 0 Å². The van der Waals surface area contributed by atoms with Gasteiger partial charge in [-0.2, -0.15) is 0 Å². The second-order valence-corrected chi connectivity index (χ2v) is 10.1. The monoisotopic (exact) mass is 484 g/mol. The highest BCUT2D eigenvalue weighted by Crippen LogP contribution is 2.35. The number of rotatable bonds is 8. The lowest BCUT2D eigenvalue weighted by molar-refractivity contribution is -0.154. The zero-order valence-corrected chi connectivity index (χ0v) is 21.0. The van der Waals surface area contributed by atoms with E-state index < -0.39 is 23.6 Å². The molecule has 1 aliphatic rings. The molecule has 0 aromatic heterocycles. The molecule has 3 rings (SSSR count). The summed E-state index contributed by atoms with van der Waals surface area (Å²) in [6, 6.07) is 16.6. The van der Waals surface area contributed by atoms with E-state index in [2.05, 4.69) is 0 Å². The van der Waals surface area contributed by atoms with Gasteiger partial charge < -0.3 is 9.47 Å². The Hall–Kier alpha value is -2.84. The van der Waals surface area contributed by atoms with Crippen LogP contribution >= 0.6 is 11.8 Å². The number of amides is 1. The van der Waals surface area contributed by atoms with Gasteiger partial charge in [0.15, 0.2) is 0 Å². The minimum Gasteiger partial charge on any atom is -0.465 e. The number of thioether (sulfide) groups is 1. The topological polar surface area (TPSA) is 76.2 Å². The molecule has 0 bridgehead atoms. The molecule has 34 heavy (non-hydrogen) atoms. The van der Waals surface area contributed by atoms with Crippen molar-refractivity contribution < 1.29 is 23.9 Å². The molecule has 0 saturated heterocycles. The van der Waals surface area contributed by atoms with E-state index in [4.69, 9.17) is 9.47 Å². The van der Waals surface area contributed by atoms with Gasteiger partial charge in [0.1, 0.15) is 12.1 Å². The maximum absolute atomic E-state index is 13.9. The fourth-order valence-electron chi connectivity index (χ4n) is 3.74. The van der Waals surface area contributed by atoms with Crippen LogP contribution in [0.15, 0.2) is 59.5 Å². The van der Waals surface area contributed by atoms with Gasteiger partial charge in [0.05, 0.1) is 24.9 Å². The second kappa shape index (κ2) is 11.5. The first-order valence-corrected chi connectivity index (χ1v) is 12.3. The first-order valence-electron chi connectivity index (χ1n) is 11.4. The molecule has 0 fully saturated rings. The van der Waals surface area contributed by atoms with Gasteiger partial charge in [-0.3, -0.25) is 24.2 Å². The van der Waals surface area contributed by atoms with Crippen LogP contribution in [0.2, 0.25) is 0 Å². The van der Waals surface area contributed by atoms with E-state index in [0.29, 0.717) is 18.0 Å². The van der Waals surface area contributed by atoms with E-state index >= 15 is 0 Å². The standard InChI is InChI=1S/C26H32N2O5S/c1-5-32-23(29)16-27(15-19-11-7-6-8-12-19)21-18-34-22-14-10-9-13-20(22)28(25(21)31)17-24(30)33-26(2,3)4/h6-14,21H,5,15-18H2,1-4H3. The Bertz CT molecular complexity index is 1010. The minimum absolute atomic E-state index is 0.0314. The third-order valence-electron chi connectivity index (χ3n) is 5.12. The lowest BCUT2D eigenvalue weighted by atomic mass is 10.1. The van der Waals surface area contributed by atoms with Gasteiger partial charge in [-0.05, 0) is 45.4 Å². The molecule has 8 heteroatoms. The Balaban J connectivity index is 1.93. The number of para-hydroxylation sites is 1. The largest absolute Gasteiger partial charge is 0.465 e. The van der Waals surface area contributed by atoms with Gasteiger partial charge in [0.25, 0.3) is 0 Å². The highest BCUT2D eigenvalue weighted by molar-refractivity contribution is 7.99. The number of esters is 2. The molecule has 182 valence electrons. The average molecular weight is 485 g/mol. The average Bonchev–Trinajstić information content (AvgIpc) is 2.90. The van der Waals surface area contributed by atoms with Gasteiger partial charge in [-0.1, -0.05) is 42.5 Å². The van der Waals surface area contributed by atoms with Crippen LogP contribution in [0.25, 0.3) is 0 Å². The molecule has 7 nitrogen and oxygen atoms in total. The van der Waals surface area contributed by atoms with Crippen LogP contribution in [-0.2, 0) is 30.4 Å². The van der Waals surface area contributed by atoms with Gasteiger partial charge in [-0.25, -0.2) is 0 Å². The van der Waals surface area contributed by atoms with Gasteiger partial charge in [0, 0.05) is 17.2 Å². The summed E-state index contributed by atoms with van der Waals surface area (Å²) in [4.78, 5) is 43.3. The van der Waals surface area contributed by atoms with Crippen molar-refractivity contribution in [2.24, 2.45) is 0 Å². The van der Waals surface area contributed by atoms with Crippen molar-refractivity contribution in [1.82, 2.24) is 4.90 Å². The molecule has 2 aromatic carbocycles. The van der Waals surface area contributed by atoms with Crippen LogP contribution in [0.1, 0.15) is 33.3 Å². The summed E-state index contributed by atoms with van der Waals surface area (Å²) in [6.07, 6.45) is 0.